The number of hydrogen-bond donors (Lipinski definition) is 1. The van der Waals surface area contributed by atoms with Gasteiger partial charge in [0.1, 0.15) is 6.17 Å². The molecule has 1 N–H and O–H groups in total. The lowest BCUT2D eigenvalue weighted by atomic mass is 10.1. The van der Waals surface area contributed by atoms with Crippen molar-refractivity contribution in [1.82, 2.24) is 10.2 Å². The number of thiophene rings is 1. The largest absolute Gasteiger partial charge is 0.318 e. The lowest BCUT2D eigenvalue weighted by Crippen LogP contribution is -2.41. The van der Waals surface area contributed by atoms with E-state index >= 15 is 0 Å². The molecule has 0 aromatic carbocycles. The van der Waals surface area contributed by atoms with Crippen LogP contribution in [-0.4, -0.2) is 34.9 Å². The summed E-state index contributed by atoms with van der Waals surface area (Å²) in [7, 11) is 0. The van der Waals surface area contributed by atoms with E-state index in [1.807, 2.05) is 11.8 Å². The van der Waals surface area contributed by atoms with Crippen molar-refractivity contribution >= 4 is 29.0 Å². The zero-order valence-corrected chi connectivity index (χ0v) is 12.1. The van der Waals surface area contributed by atoms with Gasteiger partial charge in [-0.15, -0.1) is 11.3 Å². The molecule has 18 heavy (non-hydrogen) atoms. The SMILES string of the molecule is Cc1ccc(C2NCC(=O)N2C2CCSCC2)s1. The maximum Gasteiger partial charge on any atom is 0.238 e. The van der Waals surface area contributed by atoms with Crippen LogP contribution in [0, 0.1) is 6.92 Å². The van der Waals surface area contributed by atoms with Crippen LogP contribution in [0.1, 0.15) is 28.8 Å². The van der Waals surface area contributed by atoms with Crippen LogP contribution in [0.2, 0.25) is 0 Å². The molecule has 3 nitrogen and oxygen atoms in total. The monoisotopic (exact) mass is 282 g/mol. The molecule has 0 radical (unpaired) electrons. The van der Waals surface area contributed by atoms with Crippen LogP contribution in [0.3, 0.4) is 0 Å². The molecule has 2 saturated heterocycles. The molecule has 1 aromatic heterocycles. The van der Waals surface area contributed by atoms with Gasteiger partial charge in [0, 0.05) is 15.8 Å². The molecule has 1 atom stereocenters. The number of rotatable bonds is 2. The Morgan fingerprint density at radius 3 is 2.78 bits per heavy atom. The first-order valence-electron chi connectivity index (χ1n) is 6.44. The van der Waals surface area contributed by atoms with E-state index in [0.717, 1.165) is 12.8 Å². The maximum absolute atomic E-state index is 12.1. The van der Waals surface area contributed by atoms with Crippen molar-refractivity contribution < 1.29 is 4.79 Å². The van der Waals surface area contributed by atoms with Gasteiger partial charge in [0.05, 0.1) is 6.54 Å². The van der Waals surface area contributed by atoms with Crippen molar-refractivity contribution in [2.75, 3.05) is 18.1 Å². The van der Waals surface area contributed by atoms with Gasteiger partial charge >= 0.3 is 0 Å². The van der Waals surface area contributed by atoms with Crippen LogP contribution < -0.4 is 5.32 Å². The zero-order chi connectivity index (χ0) is 12.5. The molecule has 0 saturated carbocycles. The number of thioether (sulfide) groups is 1. The van der Waals surface area contributed by atoms with Crippen molar-refractivity contribution in [3.63, 3.8) is 0 Å². The summed E-state index contributed by atoms with van der Waals surface area (Å²) < 4.78 is 0. The Hall–Kier alpha value is -0.520. The molecular formula is C13H18N2OS2. The number of nitrogens with one attached hydrogen (secondary N) is 1. The number of aryl methyl sites for hydroxylation is 1. The van der Waals surface area contributed by atoms with Gasteiger partial charge in [0.25, 0.3) is 0 Å². The van der Waals surface area contributed by atoms with Crippen molar-refractivity contribution in [3.05, 3.63) is 21.9 Å². The zero-order valence-electron chi connectivity index (χ0n) is 10.5. The molecule has 98 valence electrons. The Morgan fingerprint density at radius 2 is 2.11 bits per heavy atom. The first kappa shape index (κ1) is 12.5. The number of amides is 1. The van der Waals surface area contributed by atoms with E-state index in [1.54, 1.807) is 11.3 Å². The third-order valence-electron chi connectivity index (χ3n) is 3.63. The van der Waals surface area contributed by atoms with Gasteiger partial charge in [-0.1, -0.05) is 0 Å². The van der Waals surface area contributed by atoms with Crippen LogP contribution in [0.4, 0.5) is 0 Å². The normalized spacial score (nSPS) is 25.9. The Morgan fingerprint density at radius 1 is 1.33 bits per heavy atom. The summed E-state index contributed by atoms with van der Waals surface area (Å²) in [6.45, 7) is 2.61. The molecule has 0 bridgehead atoms. The molecule has 2 aliphatic heterocycles. The standard InChI is InChI=1S/C13H18N2OS2/c1-9-2-3-11(18-9)13-14-8-12(16)15(13)10-4-6-17-7-5-10/h2-3,10,13-14H,4-8H2,1H3. The highest BCUT2D eigenvalue weighted by molar-refractivity contribution is 7.99. The highest BCUT2D eigenvalue weighted by atomic mass is 32.2. The summed E-state index contributed by atoms with van der Waals surface area (Å²) in [5.74, 6) is 2.64. The lowest BCUT2D eigenvalue weighted by Gasteiger charge is -2.34. The predicted octanol–water partition coefficient (Wildman–Crippen LogP) is 2.38. The molecule has 1 amide bonds. The molecule has 0 aliphatic carbocycles. The number of nitrogens with zero attached hydrogens (tertiary/aromatic N) is 1. The van der Waals surface area contributed by atoms with Gasteiger partial charge < -0.3 is 4.90 Å². The quantitative estimate of drug-likeness (QED) is 0.904. The van der Waals surface area contributed by atoms with E-state index in [1.165, 1.54) is 21.3 Å². The van der Waals surface area contributed by atoms with Crippen LogP contribution in [0.25, 0.3) is 0 Å². The van der Waals surface area contributed by atoms with E-state index in [9.17, 15) is 4.79 Å². The number of carbonyl (C=O) groups excluding carboxylic acids is 1. The predicted molar refractivity (Wildman–Crippen MR) is 77.0 cm³/mol. The fraction of sp³-hybridized carbons (Fsp3) is 0.615. The van der Waals surface area contributed by atoms with Gasteiger partial charge in [0.2, 0.25) is 5.91 Å². The highest BCUT2D eigenvalue weighted by Crippen LogP contribution is 2.33. The molecular weight excluding hydrogens is 264 g/mol. The van der Waals surface area contributed by atoms with Crippen LogP contribution in [-0.2, 0) is 4.79 Å². The molecule has 5 heteroatoms. The fourth-order valence-corrected chi connectivity index (χ4v) is 4.77. The molecule has 3 heterocycles. The van der Waals surface area contributed by atoms with Crippen LogP contribution >= 0.6 is 23.1 Å². The second kappa shape index (κ2) is 5.23. The minimum atomic E-state index is 0.115. The molecule has 0 spiro atoms. The third-order valence-corrected chi connectivity index (χ3v) is 5.73. The summed E-state index contributed by atoms with van der Waals surface area (Å²) in [6, 6.07) is 4.72. The molecule has 1 unspecified atom stereocenters. The Bertz CT molecular complexity index is 440. The molecule has 2 aliphatic rings. The topological polar surface area (TPSA) is 32.3 Å². The van der Waals surface area contributed by atoms with E-state index in [4.69, 9.17) is 0 Å². The van der Waals surface area contributed by atoms with Crippen molar-refractivity contribution in [2.45, 2.75) is 32.0 Å². The molecule has 3 rings (SSSR count). The van der Waals surface area contributed by atoms with E-state index in [2.05, 4.69) is 29.3 Å². The van der Waals surface area contributed by atoms with Gasteiger partial charge in [-0.05, 0) is 43.4 Å². The summed E-state index contributed by atoms with van der Waals surface area (Å²) in [5, 5.41) is 3.36. The van der Waals surface area contributed by atoms with Crippen molar-refractivity contribution in [2.24, 2.45) is 0 Å². The maximum atomic E-state index is 12.1. The Balaban J connectivity index is 1.82. The van der Waals surface area contributed by atoms with Crippen LogP contribution in [0.5, 0.6) is 0 Å². The second-order valence-corrected chi connectivity index (χ2v) is 7.42. The Labute approximate surface area is 116 Å². The Kier molecular flexibility index (Phi) is 3.63. The van der Waals surface area contributed by atoms with Gasteiger partial charge in [-0.3, -0.25) is 10.1 Å². The minimum absolute atomic E-state index is 0.115. The smallest absolute Gasteiger partial charge is 0.238 e. The summed E-state index contributed by atoms with van der Waals surface area (Å²) >= 11 is 3.80. The average molecular weight is 282 g/mol. The van der Waals surface area contributed by atoms with Gasteiger partial charge in [-0.2, -0.15) is 11.8 Å². The second-order valence-electron chi connectivity index (χ2n) is 4.88. The van der Waals surface area contributed by atoms with Gasteiger partial charge in [0.15, 0.2) is 0 Å². The van der Waals surface area contributed by atoms with Crippen molar-refractivity contribution in [1.29, 1.82) is 0 Å². The first-order valence-corrected chi connectivity index (χ1v) is 8.41. The lowest BCUT2D eigenvalue weighted by molar-refractivity contribution is -0.130. The van der Waals surface area contributed by atoms with E-state index in [0.29, 0.717) is 12.6 Å². The van der Waals surface area contributed by atoms with E-state index < -0.39 is 0 Å². The average Bonchev–Trinajstić information content (AvgIpc) is 2.96. The van der Waals surface area contributed by atoms with E-state index in [-0.39, 0.29) is 12.1 Å². The highest BCUT2D eigenvalue weighted by Gasteiger charge is 2.37. The molecule has 1 aromatic rings. The fourth-order valence-electron chi connectivity index (χ4n) is 2.73. The van der Waals surface area contributed by atoms with Crippen molar-refractivity contribution in [3.8, 4) is 0 Å². The summed E-state index contributed by atoms with van der Waals surface area (Å²) in [4.78, 5) is 16.8. The number of carbonyl (C=O) groups is 1. The summed E-state index contributed by atoms with van der Waals surface area (Å²) in [5.41, 5.74) is 0. The van der Waals surface area contributed by atoms with Gasteiger partial charge in [-0.25, -0.2) is 0 Å². The minimum Gasteiger partial charge on any atom is -0.318 e. The van der Waals surface area contributed by atoms with Crippen LogP contribution in [0.15, 0.2) is 12.1 Å². The first-order chi connectivity index (χ1) is 8.75. The summed E-state index contributed by atoms with van der Waals surface area (Å²) in [6.07, 6.45) is 2.39. The number of hydrogen-bond acceptors (Lipinski definition) is 4. The third kappa shape index (κ3) is 2.31. The molecule has 2 fully saturated rings.